The lowest BCUT2D eigenvalue weighted by atomic mass is 10.1. The number of nitrogens with zero attached hydrogens (tertiary/aromatic N) is 1. The number of hydrogen-bond acceptors (Lipinski definition) is 1. The number of benzene rings is 2. The second-order valence-corrected chi connectivity index (χ2v) is 5.14. The maximum absolute atomic E-state index is 14.0. The smallest absolute Gasteiger partial charge is 0.146 e. The first-order valence-electron chi connectivity index (χ1n) is 6.30. The van der Waals surface area contributed by atoms with Crippen molar-refractivity contribution in [3.63, 3.8) is 0 Å². The van der Waals surface area contributed by atoms with E-state index in [1.165, 1.54) is 5.56 Å². The van der Waals surface area contributed by atoms with E-state index < -0.39 is 0 Å². The number of rotatable bonds is 5. The van der Waals surface area contributed by atoms with Crippen LogP contribution in [0.3, 0.4) is 0 Å². The van der Waals surface area contributed by atoms with Gasteiger partial charge in [0.25, 0.3) is 0 Å². The van der Waals surface area contributed by atoms with Crippen LogP contribution in [0, 0.1) is 5.82 Å². The SMILES string of the molecule is CN(CCc1ccccc1)c1ccc(CBr)cc1F. The van der Waals surface area contributed by atoms with E-state index in [0.29, 0.717) is 11.0 Å². The quantitative estimate of drug-likeness (QED) is 0.738. The summed E-state index contributed by atoms with van der Waals surface area (Å²) in [6, 6.07) is 15.6. The van der Waals surface area contributed by atoms with Crippen molar-refractivity contribution in [2.75, 3.05) is 18.5 Å². The van der Waals surface area contributed by atoms with Gasteiger partial charge < -0.3 is 4.90 Å². The molecule has 2 aromatic carbocycles. The standard InChI is InChI=1S/C16H17BrFN/c1-19(10-9-13-5-3-2-4-6-13)16-8-7-14(12-17)11-15(16)18/h2-8,11H,9-10,12H2,1H3. The summed E-state index contributed by atoms with van der Waals surface area (Å²) in [5.74, 6) is -0.160. The topological polar surface area (TPSA) is 3.24 Å². The molecule has 0 atom stereocenters. The van der Waals surface area contributed by atoms with Gasteiger partial charge in [0.2, 0.25) is 0 Å². The van der Waals surface area contributed by atoms with Crippen molar-refractivity contribution in [3.05, 3.63) is 65.5 Å². The molecule has 0 spiro atoms. The first kappa shape index (κ1) is 14.1. The van der Waals surface area contributed by atoms with Crippen molar-refractivity contribution >= 4 is 21.6 Å². The predicted molar refractivity (Wildman–Crippen MR) is 82.4 cm³/mol. The number of likely N-dealkylation sites (N-methyl/N-ethyl adjacent to an activating group) is 1. The van der Waals surface area contributed by atoms with E-state index in [1.807, 2.05) is 42.3 Å². The second kappa shape index (κ2) is 6.71. The lowest BCUT2D eigenvalue weighted by Crippen LogP contribution is -2.21. The highest BCUT2D eigenvalue weighted by molar-refractivity contribution is 9.08. The molecule has 0 radical (unpaired) electrons. The highest BCUT2D eigenvalue weighted by Crippen LogP contribution is 2.20. The molecule has 0 heterocycles. The van der Waals surface area contributed by atoms with Gasteiger partial charge in [-0.05, 0) is 29.7 Å². The Morgan fingerprint density at radius 2 is 1.79 bits per heavy atom. The van der Waals surface area contributed by atoms with Gasteiger partial charge in [-0.25, -0.2) is 4.39 Å². The maximum Gasteiger partial charge on any atom is 0.146 e. The van der Waals surface area contributed by atoms with Crippen LogP contribution in [0.2, 0.25) is 0 Å². The molecule has 3 heteroatoms. The fourth-order valence-corrected chi connectivity index (χ4v) is 2.35. The summed E-state index contributed by atoms with van der Waals surface area (Å²) in [5.41, 5.74) is 2.88. The van der Waals surface area contributed by atoms with Crippen molar-refractivity contribution in [2.24, 2.45) is 0 Å². The summed E-state index contributed by atoms with van der Waals surface area (Å²) >= 11 is 3.33. The van der Waals surface area contributed by atoms with Crippen molar-refractivity contribution in [1.29, 1.82) is 0 Å². The molecule has 0 saturated carbocycles. The van der Waals surface area contributed by atoms with E-state index in [0.717, 1.165) is 18.5 Å². The zero-order valence-electron chi connectivity index (χ0n) is 10.9. The summed E-state index contributed by atoms with van der Waals surface area (Å²) < 4.78 is 14.0. The van der Waals surface area contributed by atoms with Crippen molar-refractivity contribution < 1.29 is 4.39 Å². The summed E-state index contributed by atoms with van der Waals surface area (Å²) in [6.07, 6.45) is 0.914. The molecule has 0 bridgehead atoms. The average Bonchev–Trinajstić information content (AvgIpc) is 2.45. The van der Waals surface area contributed by atoms with E-state index in [2.05, 4.69) is 28.1 Å². The molecule has 0 unspecified atom stereocenters. The van der Waals surface area contributed by atoms with Gasteiger partial charge in [-0.3, -0.25) is 0 Å². The second-order valence-electron chi connectivity index (χ2n) is 4.58. The zero-order chi connectivity index (χ0) is 13.7. The molecule has 2 aromatic rings. The van der Waals surface area contributed by atoms with E-state index in [4.69, 9.17) is 0 Å². The van der Waals surface area contributed by atoms with E-state index in [1.54, 1.807) is 6.07 Å². The van der Waals surface area contributed by atoms with Crippen LogP contribution in [-0.2, 0) is 11.8 Å². The number of halogens is 2. The molecule has 0 N–H and O–H groups in total. The van der Waals surface area contributed by atoms with Gasteiger partial charge in [-0.1, -0.05) is 52.3 Å². The Balaban J connectivity index is 2.02. The van der Waals surface area contributed by atoms with Gasteiger partial charge in [0.15, 0.2) is 0 Å². The van der Waals surface area contributed by atoms with Crippen molar-refractivity contribution in [2.45, 2.75) is 11.8 Å². The highest BCUT2D eigenvalue weighted by Gasteiger charge is 2.08. The minimum absolute atomic E-state index is 0.160. The van der Waals surface area contributed by atoms with Crippen LogP contribution in [0.4, 0.5) is 10.1 Å². The fraction of sp³-hybridized carbons (Fsp3) is 0.250. The predicted octanol–water partition coefficient (Wildman–Crippen LogP) is 4.40. The summed E-state index contributed by atoms with van der Waals surface area (Å²) in [5, 5.41) is 0.679. The van der Waals surface area contributed by atoms with E-state index in [9.17, 15) is 4.39 Å². The van der Waals surface area contributed by atoms with Crippen LogP contribution in [0.1, 0.15) is 11.1 Å². The molecule has 2 rings (SSSR count). The van der Waals surface area contributed by atoms with Gasteiger partial charge in [0.1, 0.15) is 5.82 Å². The van der Waals surface area contributed by atoms with Crippen LogP contribution in [0.15, 0.2) is 48.5 Å². The van der Waals surface area contributed by atoms with E-state index in [-0.39, 0.29) is 5.82 Å². The number of anilines is 1. The Labute approximate surface area is 122 Å². The van der Waals surface area contributed by atoms with Gasteiger partial charge in [0, 0.05) is 18.9 Å². The third kappa shape index (κ3) is 3.80. The van der Waals surface area contributed by atoms with Gasteiger partial charge in [-0.15, -0.1) is 0 Å². The number of hydrogen-bond donors (Lipinski definition) is 0. The van der Waals surface area contributed by atoms with Crippen LogP contribution in [-0.4, -0.2) is 13.6 Å². The Hall–Kier alpha value is -1.35. The largest absolute Gasteiger partial charge is 0.372 e. The third-order valence-corrected chi connectivity index (χ3v) is 3.80. The first-order chi connectivity index (χ1) is 9.20. The molecule has 0 amide bonds. The Morgan fingerprint density at radius 1 is 1.05 bits per heavy atom. The highest BCUT2D eigenvalue weighted by atomic mass is 79.9. The molecule has 19 heavy (non-hydrogen) atoms. The summed E-state index contributed by atoms with van der Waals surface area (Å²) in [7, 11) is 1.93. The third-order valence-electron chi connectivity index (χ3n) is 3.16. The average molecular weight is 322 g/mol. The van der Waals surface area contributed by atoms with Crippen LogP contribution < -0.4 is 4.90 Å². The molecule has 0 aliphatic carbocycles. The van der Waals surface area contributed by atoms with Crippen molar-refractivity contribution in [1.82, 2.24) is 0 Å². The number of alkyl halides is 1. The Morgan fingerprint density at radius 3 is 2.42 bits per heavy atom. The molecule has 100 valence electrons. The monoisotopic (exact) mass is 321 g/mol. The molecule has 0 aliphatic heterocycles. The molecule has 0 saturated heterocycles. The minimum atomic E-state index is -0.160. The van der Waals surface area contributed by atoms with Gasteiger partial charge in [-0.2, -0.15) is 0 Å². The van der Waals surface area contributed by atoms with E-state index >= 15 is 0 Å². The molecular weight excluding hydrogens is 305 g/mol. The molecule has 0 fully saturated rings. The molecule has 0 aliphatic rings. The Bertz CT molecular complexity index is 528. The van der Waals surface area contributed by atoms with Crippen LogP contribution in [0.5, 0.6) is 0 Å². The minimum Gasteiger partial charge on any atom is -0.372 e. The first-order valence-corrected chi connectivity index (χ1v) is 7.42. The lowest BCUT2D eigenvalue weighted by Gasteiger charge is -2.20. The maximum atomic E-state index is 14.0. The van der Waals surface area contributed by atoms with Gasteiger partial charge >= 0.3 is 0 Å². The zero-order valence-corrected chi connectivity index (χ0v) is 12.5. The normalized spacial score (nSPS) is 10.5. The van der Waals surface area contributed by atoms with Gasteiger partial charge in [0.05, 0.1) is 5.69 Å². The molecular formula is C16H17BrFN. The summed E-state index contributed by atoms with van der Waals surface area (Å²) in [6.45, 7) is 0.800. The van der Waals surface area contributed by atoms with Crippen LogP contribution >= 0.6 is 15.9 Å². The lowest BCUT2D eigenvalue weighted by molar-refractivity contribution is 0.621. The Kier molecular flexibility index (Phi) is 4.97. The fourth-order valence-electron chi connectivity index (χ4n) is 2.01. The van der Waals surface area contributed by atoms with Crippen molar-refractivity contribution in [3.8, 4) is 0 Å². The molecule has 1 nitrogen and oxygen atoms in total. The van der Waals surface area contributed by atoms with Crippen LogP contribution in [0.25, 0.3) is 0 Å². The molecule has 0 aromatic heterocycles. The summed E-state index contributed by atoms with van der Waals surface area (Å²) in [4.78, 5) is 1.96.